The van der Waals surface area contributed by atoms with Gasteiger partial charge in [-0.15, -0.1) is 0 Å². The van der Waals surface area contributed by atoms with Gasteiger partial charge in [0.1, 0.15) is 5.69 Å². The van der Waals surface area contributed by atoms with Gasteiger partial charge in [-0.2, -0.15) is 0 Å². The highest BCUT2D eigenvalue weighted by Crippen LogP contribution is 2.27. The Balaban J connectivity index is 2.86. The molecule has 1 rings (SSSR count). The molecule has 0 spiro atoms. The summed E-state index contributed by atoms with van der Waals surface area (Å²) in [5.74, 6) is 0.887. The standard InChI is InChI=1S/C14H22N2O4/c1-15-6-5-11-9-13(20-8-4-7-18-2)14(19-3)16-12(11)10-17/h9-10,15H,4-8H2,1-3H3. The molecule has 112 valence electrons. The zero-order chi connectivity index (χ0) is 14.8. The molecule has 0 radical (unpaired) electrons. The van der Waals surface area contributed by atoms with Gasteiger partial charge in [0.15, 0.2) is 12.0 Å². The molecule has 6 heteroatoms. The lowest BCUT2D eigenvalue weighted by molar-refractivity contribution is 0.111. The fourth-order valence-electron chi connectivity index (χ4n) is 1.73. The molecule has 20 heavy (non-hydrogen) atoms. The van der Waals surface area contributed by atoms with Crippen molar-refractivity contribution in [3.8, 4) is 11.6 Å². The summed E-state index contributed by atoms with van der Waals surface area (Å²) in [6.45, 7) is 1.91. The summed E-state index contributed by atoms with van der Waals surface area (Å²) >= 11 is 0. The minimum Gasteiger partial charge on any atom is -0.488 e. The predicted octanol–water partition coefficient (Wildman–Crippen LogP) is 1.08. The Labute approximate surface area is 119 Å². The first-order valence-electron chi connectivity index (χ1n) is 6.56. The van der Waals surface area contributed by atoms with Crippen molar-refractivity contribution < 1.29 is 19.0 Å². The highest BCUT2D eigenvalue weighted by Gasteiger charge is 2.13. The van der Waals surface area contributed by atoms with Crippen molar-refractivity contribution in [1.29, 1.82) is 0 Å². The van der Waals surface area contributed by atoms with Gasteiger partial charge in [-0.1, -0.05) is 0 Å². The third-order valence-corrected chi connectivity index (χ3v) is 2.77. The molecule has 6 nitrogen and oxygen atoms in total. The number of hydrogen-bond donors (Lipinski definition) is 1. The van der Waals surface area contributed by atoms with Gasteiger partial charge in [0.05, 0.1) is 13.7 Å². The molecular weight excluding hydrogens is 260 g/mol. The molecule has 0 aromatic carbocycles. The molecular formula is C14H22N2O4. The summed E-state index contributed by atoms with van der Waals surface area (Å²) in [6, 6.07) is 1.82. The number of pyridine rings is 1. The summed E-state index contributed by atoms with van der Waals surface area (Å²) in [6.07, 6.45) is 2.22. The molecule has 0 atom stereocenters. The van der Waals surface area contributed by atoms with E-state index in [-0.39, 0.29) is 0 Å². The van der Waals surface area contributed by atoms with Crippen molar-refractivity contribution in [1.82, 2.24) is 10.3 Å². The largest absolute Gasteiger partial charge is 0.488 e. The number of aldehydes is 1. The fraction of sp³-hybridized carbons (Fsp3) is 0.571. The lowest BCUT2D eigenvalue weighted by Gasteiger charge is -2.13. The quantitative estimate of drug-likeness (QED) is 0.511. The third kappa shape index (κ3) is 4.79. The molecule has 0 fully saturated rings. The Morgan fingerprint density at radius 2 is 2.15 bits per heavy atom. The maximum absolute atomic E-state index is 11.1. The molecule has 0 saturated carbocycles. The second-order valence-corrected chi connectivity index (χ2v) is 4.21. The van der Waals surface area contributed by atoms with E-state index in [0.717, 1.165) is 24.8 Å². The summed E-state index contributed by atoms with van der Waals surface area (Å²) in [7, 11) is 5.02. The van der Waals surface area contributed by atoms with Crippen LogP contribution in [0.15, 0.2) is 6.07 Å². The number of hydrogen-bond acceptors (Lipinski definition) is 6. The number of carbonyl (C=O) groups is 1. The Bertz CT molecular complexity index is 424. The highest BCUT2D eigenvalue weighted by atomic mass is 16.5. The SMILES string of the molecule is CNCCc1cc(OCCCOC)c(OC)nc1C=O. The van der Waals surface area contributed by atoms with Crippen LogP contribution in [-0.4, -0.2) is 52.3 Å². The average Bonchev–Trinajstić information content (AvgIpc) is 2.49. The Morgan fingerprint density at radius 1 is 1.35 bits per heavy atom. The highest BCUT2D eigenvalue weighted by molar-refractivity contribution is 5.75. The number of aromatic nitrogens is 1. The van der Waals surface area contributed by atoms with Crippen molar-refractivity contribution in [2.75, 3.05) is 41.0 Å². The summed E-state index contributed by atoms with van der Waals surface area (Å²) in [4.78, 5) is 15.3. The fourth-order valence-corrected chi connectivity index (χ4v) is 1.73. The number of nitrogens with zero attached hydrogens (tertiary/aromatic N) is 1. The number of ether oxygens (including phenoxy) is 3. The molecule has 0 unspecified atom stereocenters. The number of carbonyl (C=O) groups excluding carboxylic acids is 1. The first-order chi connectivity index (χ1) is 9.76. The van der Waals surface area contributed by atoms with E-state index in [9.17, 15) is 4.79 Å². The zero-order valence-corrected chi connectivity index (χ0v) is 12.3. The van der Waals surface area contributed by atoms with E-state index < -0.39 is 0 Å². The second-order valence-electron chi connectivity index (χ2n) is 4.21. The molecule has 1 aromatic rings. The Hall–Kier alpha value is -1.66. The minimum absolute atomic E-state index is 0.331. The Kier molecular flexibility index (Phi) is 7.60. The Morgan fingerprint density at radius 3 is 2.75 bits per heavy atom. The number of likely N-dealkylation sites (N-methyl/N-ethyl adjacent to an activating group) is 1. The van der Waals surface area contributed by atoms with Gasteiger partial charge in [-0.3, -0.25) is 4.79 Å². The van der Waals surface area contributed by atoms with Crippen LogP contribution in [0, 0.1) is 0 Å². The second kappa shape index (κ2) is 9.28. The van der Waals surface area contributed by atoms with E-state index in [0.29, 0.717) is 37.0 Å². The van der Waals surface area contributed by atoms with E-state index in [1.807, 2.05) is 13.1 Å². The van der Waals surface area contributed by atoms with Crippen LogP contribution in [0.1, 0.15) is 22.5 Å². The molecule has 0 saturated heterocycles. The van der Waals surface area contributed by atoms with Crippen LogP contribution < -0.4 is 14.8 Å². The van der Waals surface area contributed by atoms with E-state index in [2.05, 4.69) is 10.3 Å². The normalized spacial score (nSPS) is 10.3. The number of rotatable bonds is 10. The first kappa shape index (κ1) is 16.4. The smallest absolute Gasteiger partial charge is 0.257 e. The molecule has 0 bridgehead atoms. The predicted molar refractivity (Wildman–Crippen MR) is 75.8 cm³/mol. The van der Waals surface area contributed by atoms with Gasteiger partial charge in [-0.25, -0.2) is 4.98 Å². The van der Waals surface area contributed by atoms with Gasteiger partial charge in [0.2, 0.25) is 0 Å². The van der Waals surface area contributed by atoms with Crippen LogP contribution in [0.4, 0.5) is 0 Å². The average molecular weight is 282 g/mol. The van der Waals surface area contributed by atoms with Crippen LogP contribution in [0.3, 0.4) is 0 Å². The van der Waals surface area contributed by atoms with Gasteiger partial charge < -0.3 is 19.5 Å². The van der Waals surface area contributed by atoms with E-state index in [4.69, 9.17) is 14.2 Å². The maximum Gasteiger partial charge on any atom is 0.257 e. The van der Waals surface area contributed by atoms with Crippen molar-refractivity contribution in [3.05, 3.63) is 17.3 Å². The molecule has 0 aliphatic heterocycles. The van der Waals surface area contributed by atoms with E-state index in [1.54, 1.807) is 7.11 Å². The van der Waals surface area contributed by atoms with Gasteiger partial charge in [-0.05, 0) is 31.6 Å². The van der Waals surface area contributed by atoms with Crippen LogP contribution in [0.2, 0.25) is 0 Å². The van der Waals surface area contributed by atoms with Crippen molar-refractivity contribution in [2.24, 2.45) is 0 Å². The monoisotopic (exact) mass is 282 g/mol. The minimum atomic E-state index is 0.331. The third-order valence-electron chi connectivity index (χ3n) is 2.77. The molecule has 0 aliphatic rings. The maximum atomic E-state index is 11.1. The molecule has 1 N–H and O–H groups in total. The van der Waals surface area contributed by atoms with Crippen LogP contribution >= 0.6 is 0 Å². The van der Waals surface area contributed by atoms with Gasteiger partial charge >= 0.3 is 0 Å². The molecule has 1 heterocycles. The first-order valence-corrected chi connectivity index (χ1v) is 6.56. The number of methoxy groups -OCH3 is 2. The van der Waals surface area contributed by atoms with Gasteiger partial charge in [0.25, 0.3) is 5.88 Å². The lowest BCUT2D eigenvalue weighted by Crippen LogP contribution is -2.13. The summed E-state index contributed by atoms with van der Waals surface area (Å²) in [5, 5.41) is 3.04. The van der Waals surface area contributed by atoms with E-state index in [1.165, 1.54) is 7.11 Å². The summed E-state index contributed by atoms with van der Waals surface area (Å²) in [5.41, 5.74) is 1.23. The topological polar surface area (TPSA) is 69.7 Å². The van der Waals surface area contributed by atoms with Crippen molar-refractivity contribution in [2.45, 2.75) is 12.8 Å². The lowest BCUT2D eigenvalue weighted by atomic mass is 10.1. The van der Waals surface area contributed by atoms with Crippen LogP contribution in [0.25, 0.3) is 0 Å². The van der Waals surface area contributed by atoms with Crippen LogP contribution in [0.5, 0.6) is 11.6 Å². The van der Waals surface area contributed by atoms with Gasteiger partial charge in [0, 0.05) is 20.1 Å². The van der Waals surface area contributed by atoms with Crippen molar-refractivity contribution in [3.63, 3.8) is 0 Å². The molecule has 0 amide bonds. The van der Waals surface area contributed by atoms with E-state index >= 15 is 0 Å². The number of nitrogens with one attached hydrogen (secondary N) is 1. The summed E-state index contributed by atoms with van der Waals surface area (Å²) < 4.78 is 15.8. The van der Waals surface area contributed by atoms with Crippen molar-refractivity contribution >= 4 is 6.29 Å². The molecule has 0 aliphatic carbocycles. The zero-order valence-electron chi connectivity index (χ0n) is 12.3. The molecule has 1 aromatic heterocycles. The van der Waals surface area contributed by atoms with Crippen LogP contribution in [-0.2, 0) is 11.2 Å².